The molecule has 0 bridgehead atoms. The van der Waals surface area contributed by atoms with Gasteiger partial charge in [-0.15, -0.1) is 11.3 Å². The Morgan fingerprint density at radius 1 is 1.19 bits per heavy atom. The van der Waals surface area contributed by atoms with Crippen LogP contribution in [-0.4, -0.2) is 26.1 Å². The van der Waals surface area contributed by atoms with E-state index < -0.39 is 0 Å². The second-order valence-electron chi connectivity index (χ2n) is 5.80. The van der Waals surface area contributed by atoms with Crippen LogP contribution >= 0.6 is 23.1 Å². The SMILES string of the molecule is CCC(Sc1cc(-c2ccccc2)nc(C)n1)C(=O)Nc1nc(C)cs1. The minimum atomic E-state index is -0.239. The zero-order chi connectivity index (χ0) is 18.5. The Morgan fingerprint density at radius 2 is 1.96 bits per heavy atom. The van der Waals surface area contributed by atoms with Gasteiger partial charge in [-0.2, -0.15) is 0 Å². The van der Waals surface area contributed by atoms with Crippen molar-refractivity contribution in [2.45, 2.75) is 37.5 Å². The third-order valence-corrected chi connectivity index (χ3v) is 5.82. The zero-order valence-electron chi connectivity index (χ0n) is 14.9. The fourth-order valence-corrected chi connectivity index (χ4v) is 4.10. The summed E-state index contributed by atoms with van der Waals surface area (Å²) >= 11 is 2.90. The second kappa shape index (κ2) is 8.42. The van der Waals surface area contributed by atoms with E-state index in [1.165, 1.54) is 23.1 Å². The van der Waals surface area contributed by atoms with Gasteiger partial charge in [-0.1, -0.05) is 49.0 Å². The van der Waals surface area contributed by atoms with E-state index in [4.69, 9.17) is 0 Å². The average molecular weight is 385 g/mol. The van der Waals surface area contributed by atoms with Gasteiger partial charge in [0.1, 0.15) is 10.9 Å². The largest absolute Gasteiger partial charge is 0.301 e. The van der Waals surface area contributed by atoms with E-state index in [2.05, 4.69) is 20.3 Å². The summed E-state index contributed by atoms with van der Waals surface area (Å²) in [6.07, 6.45) is 0.699. The quantitative estimate of drug-likeness (QED) is 0.492. The zero-order valence-corrected chi connectivity index (χ0v) is 16.5. The summed E-state index contributed by atoms with van der Waals surface area (Å²) in [5, 5.41) is 6.01. The number of thiazole rings is 1. The van der Waals surface area contributed by atoms with E-state index in [0.717, 1.165) is 22.0 Å². The molecule has 26 heavy (non-hydrogen) atoms. The lowest BCUT2D eigenvalue weighted by atomic mass is 10.1. The maximum Gasteiger partial charge on any atom is 0.239 e. The fraction of sp³-hybridized carbons (Fsp3) is 0.263. The Balaban J connectivity index is 1.77. The number of amides is 1. The van der Waals surface area contributed by atoms with Gasteiger partial charge in [-0.3, -0.25) is 4.79 Å². The third kappa shape index (κ3) is 4.68. The third-order valence-electron chi connectivity index (χ3n) is 3.66. The first kappa shape index (κ1) is 18.5. The maximum absolute atomic E-state index is 12.6. The van der Waals surface area contributed by atoms with Crippen molar-refractivity contribution in [3.8, 4) is 11.3 Å². The number of nitrogens with zero attached hydrogens (tertiary/aromatic N) is 3. The molecular weight excluding hydrogens is 364 g/mol. The van der Waals surface area contributed by atoms with Crippen molar-refractivity contribution >= 4 is 34.1 Å². The van der Waals surface area contributed by atoms with Crippen LogP contribution in [0.25, 0.3) is 11.3 Å². The number of anilines is 1. The number of thioether (sulfide) groups is 1. The number of carbonyl (C=O) groups excluding carboxylic acids is 1. The van der Waals surface area contributed by atoms with E-state index in [-0.39, 0.29) is 11.2 Å². The van der Waals surface area contributed by atoms with Gasteiger partial charge >= 0.3 is 0 Å². The number of aryl methyl sites for hydroxylation is 2. The van der Waals surface area contributed by atoms with E-state index in [9.17, 15) is 4.79 Å². The number of carbonyl (C=O) groups is 1. The molecule has 5 nitrogen and oxygen atoms in total. The van der Waals surface area contributed by atoms with Crippen molar-refractivity contribution in [3.63, 3.8) is 0 Å². The molecule has 0 fully saturated rings. The van der Waals surface area contributed by atoms with Crippen molar-refractivity contribution in [1.82, 2.24) is 15.0 Å². The molecule has 7 heteroatoms. The van der Waals surface area contributed by atoms with Gasteiger partial charge in [0.2, 0.25) is 5.91 Å². The summed E-state index contributed by atoms with van der Waals surface area (Å²) in [4.78, 5) is 25.9. The maximum atomic E-state index is 12.6. The van der Waals surface area contributed by atoms with Crippen LogP contribution in [0.15, 0.2) is 46.8 Å². The molecule has 0 saturated carbocycles. The molecule has 0 aliphatic rings. The molecule has 2 heterocycles. The highest BCUT2D eigenvalue weighted by molar-refractivity contribution is 8.00. The van der Waals surface area contributed by atoms with Crippen LogP contribution in [-0.2, 0) is 4.79 Å². The molecule has 0 aliphatic heterocycles. The summed E-state index contributed by atoms with van der Waals surface area (Å²) in [6.45, 7) is 5.78. The van der Waals surface area contributed by atoms with E-state index in [1.807, 2.05) is 62.5 Å². The Hall–Kier alpha value is -2.25. The number of nitrogens with one attached hydrogen (secondary N) is 1. The van der Waals surface area contributed by atoms with Crippen molar-refractivity contribution in [3.05, 3.63) is 53.3 Å². The van der Waals surface area contributed by atoms with Gasteiger partial charge in [-0.25, -0.2) is 15.0 Å². The first-order valence-electron chi connectivity index (χ1n) is 8.36. The molecule has 1 unspecified atom stereocenters. The first-order chi connectivity index (χ1) is 12.5. The summed E-state index contributed by atoms with van der Waals surface area (Å²) in [6, 6.07) is 11.9. The summed E-state index contributed by atoms with van der Waals surface area (Å²) < 4.78 is 0. The second-order valence-corrected chi connectivity index (χ2v) is 7.88. The molecule has 3 aromatic rings. The van der Waals surface area contributed by atoms with E-state index >= 15 is 0 Å². The highest BCUT2D eigenvalue weighted by atomic mass is 32.2. The van der Waals surface area contributed by atoms with Crippen LogP contribution < -0.4 is 5.32 Å². The van der Waals surface area contributed by atoms with E-state index in [1.54, 1.807) is 0 Å². The molecule has 1 N–H and O–H groups in total. The first-order valence-corrected chi connectivity index (χ1v) is 10.1. The summed E-state index contributed by atoms with van der Waals surface area (Å²) in [5.41, 5.74) is 2.81. The highest BCUT2D eigenvalue weighted by Crippen LogP contribution is 2.28. The lowest BCUT2D eigenvalue weighted by Gasteiger charge is -2.14. The smallest absolute Gasteiger partial charge is 0.239 e. The summed E-state index contributed by atoms with van der Waals surface area (Å²) in [7, 11) is 0. The molecule has 2 aromatic heterocycles. The minimum absolute atomic E-state index is 0.0515. The predicted molar refractivity (Wildman–Crippen MR) is 108 cm³/mol. The van der Waals surface area contributed by atoms with Crippen molar-refractivity contribution in [1.29, 1.82) is 0 Å². The molecule has 3 rings (SSSR count). The average Bonchev–Trinajstić information content (AvgIpc) is 3.04. The van der Waals surface area contributed by atoms with Crippen molar-refractivity contribution in [2.75, 3.05) is 5.32 Å². The predicted octanol–water partition coefficient (Wildman–Crippen LogP) is 4.73. The Morgan fingerprint density at radius 3 is 2.62 bits per heavy atom. The molecule has 1 atom stereocenters. The van der Waals surface area contributed by atoms with Crippen LogP contribution in [0.5, 0.6) is 0 Å². The van der Waals surface area contributed by atoms with Gasteiger partial charge in [0.05, 0.1) is 16.6 Å². The monoisotopic (exact) mass is 384 g/mol. The molecule has 134 valence electrons. The number of benzene rings is 1. The van der Waals surface area contributed by atoms with Crippen LogP contribution in [0.2, 0.25) is 0 Å². The molecule has 0 saturated heterocycles. The molecule has 1 aromatic carbocycles. The number of hydrogen-bond acceptors (Lipinski definition) is 6. The Kier molecular flexibility index (Phi) is 6.00. The van der Waals surface area contributed by atoms with Gasteiger partial charge in [0, 0.05) is 10.9 Å². The standard InChI is InChI=1S/C19H20N4OS2/c1-4-16(18(24)23-19-20-12(2)11-25-19)26-17-10-15(21-13(3)22-17)14-8-6-5-7-9-14/h5-11,16H,4H2,1-3H3,(H,20,23,24). The normalized spacial score (nSPS) is 12.0. The molecular formula is C19H20N4OS2. The topological polar surface area (TPSA) is 67.8 Å². The van der Waals surface area contributed by atoms with Crippen LogP contribution in [0.4, 0.5) is 5.13 Å². The van der Waals surface area contributed by atoms with Crippen LogP contribution in [0.1, 0.15) is 24.9 Å². The number of hydrogen-bond donors (Lipinski definition) is 1. The van der Waals surface area contributed by atoms with Gasteiger partial charge in [-0.05, 0) is 26.3 Å². The van der Waals surface area contributed by atoms with E-state index in [0.29, 0.717) is 17.4 Å². The molecule has 0 radical (unpaired) electrons. The van der Waals surface area contributed by atoms with Crippen molar-refractivity contribution in [2.24, 2.45) is 0 Å². The van der Waals surface area contributed by atoms with Crippen LogP contribution in [0.3, 0.4) is 0 Å². The number of rotatable bonds is 6. The Bertz CT molecular complexity index is 896. The fourth-order valence-electron chi connectivity index (χ4n) is 2.42. The van der Waals surface area contributed by atoms with Gasteiger partial charge < -0.3 is 5.32 Å². The highest BCUT2D eigenvalue weighted by Gasteiger charge is 2.20. The minimum Gasteiger partial charge on any atom is -0.301 e. The molecule has 0 aliphatic carbocycles. The van der Waals surface area contributed by atoms with Gasteiger partial charge in [0.15, 0.2) is 5.13 Å². The molecule has 1 amide bonds. The lowest BCUT2D eigenvalue weighted by molar-refractivity contribution is -0.115. The summed E-state index contributed by atoms with van der Waals surface area (Å²) in [5.74, 6) is 0.643. The van der Waals surface area contributed by atoms with Crippen molar-refractivity contribution < 1.29 is 4.79 Å². The molecule has 0 spiro atoms. The number of aromatic nitrogens is 3. The van der Waals surface area contributed by atoms with Crippen LogP contribution in [0, 0.1) is 13.8 Å². The lowest BCUT2D eigenvalue weighted by Crippen LogP contribution is -2.24. The van der Waals surface area contributed by atoms with Gasteiger partial charge in [0.25, 0.3) is 0 Å². The Labute approximate surface area is 161 Å².